The molecule has 0 radical (unpaired) electrons. The van der Waals surface area contributed by atoms with E-state index >= 15 is 0 Å². The third kappa shape index (κ3) is 2.50. The first-order valence-electron chi connectivity index (χ1n) is 6.73. The fourth-order valence-electron chi connectivity index (χ4n) is 2.43. The number of aryl methyl sites for hydroxylation is 1. The lowest BCUT2D eigenvalue weighted by molar-refractivity contribution is 0.427. The molecule has 0 saturated heterocycles. The highest BCUT2D eigenvalue weighted by Crippen LogP contribution is 2.34. The van der Waals surface area contributed by atoms with Gasteiger partial charge in [-0.05, 0) is 30.9 Å². The zero-order valence-electron chi connectivity index (χ0n) is 12.4. The summed E-state index contributed by atoms with van der Waals surface area (Å²) in [4.78, 5) is 0. The SMILES string of the molecule is CCc1c(C(C)(C)C)c(O)nn1-c1ccc(C)cc1. The van der Waals surface area contributed by atoms with Gasteiger partial charge in [-0.15, -0.1) is 5.10 Å². The van der Waals surface area contributed by atoms with Crippen molar-refractivity contribution in [2.24, 2.45) is 0 Å². The lowest BCUT2D eigenvalue weighted by Gasteiger charge is -2.19. The molecule has 1 heterocycles. The number of hydrogen-bond acceptors (Lipinski definition) is 2. The Labute approximate surface area is 114 Å². The highest BCUT2D eigenvalue weighted by molar-refractivity contribution is 5.43. The third-order valence-corrected chi connectivity index (χ3v) is 3.33. The van der Waals surface area contributed by atoms with Crippen LogP contribution in [0.1, 0.15) is 44.5 Å². The normalized spacial score (nSPS) is 11.8. The van der Waals surface area contributed by atoms with Gasteiger partial charge in [0.05, 0.1) is 11.4 Å². The molecular formula is C16H22N2O. The van der Waals surface area contributed by atoms with E-state index in [2.05, 4.69) is 51.9 Å². The van der Waals surface area contributed by atoms with Crippen molar-refractivity contribution in [3.8, 4) is 11.6 Å². The van der Waals surface area contributed by atoms with Crippen LogP contribution >= 0.6 is 0 Å². The molecule has 0 aliphatic carbocycles. The summed E-state index contributed by atoms with van der Waals surface area (Å²) in [6.07, 6.45) is 0.841. The summed E-state index contributed by atoms with van der Waals surface area (Å²) in [5.41, 5.74) is 4.12. The number of hydrogen-bond donors (Lipinski definition) is 1. The molecule has 0 amide bonds. The van der Waals surface area contributed by atoms with E-state index in [4.69, 9.17) is 0 Å². The fraction of sp³-hybridized carbons (Fsp3) is 0.438. The van der Waals surface area contributed by atoms with Crippen LogP contribution in [0.25, 0.3) is 5.69 Å². The third-order valence-electron chi connectivity index (χ3n) is 3.33. The monoisotopic (exact) mass is 258 g/mol. The van der Waals surface area contributed by atoms with E-state index < -0.39 is 0 Å². The molecular weight excluding hydrogens is 236 g/mol. The molecule has 2 aromatic rings. The predicted molar refractivity (Wildman–Crippen MR) is 78.0 cm³/mol. The molecule has 0 spiro atoms. The van der Waals surface area contributed by atoms with Crippen LogP contribution < -0.4 is 0 Å². The van der Waals surface area contributed by atoms with Gasteiger partial charge in [0.1, 0.15) is 0 Å². The van der Waals surface area contributed by atoms with Crippen LogP contribution in [-0.4, -0.2) is 14.9 Å². The first kappa shape index (κ1) is 13.7. The van der Waals surface area contributed by atoms with Gasteiger partial charge < -0.3 is 5.11 Å². The Morgan fingerprint density at radius 3 is 2.21 bits per heavy atom. The number of benzene rings is 1. The average Bonchev–Trinajstić information content (AvgIpc) is 2.66. The van der Waals surface area contributed by atoms with Crippen molar-refractivity contribution in [1.29, 1.82) is 0 Å². The van der Waals surface area contributed by atoms with Gasteiger partial charge in [0.2, 0.25) is 5.88 Å². The van der Waals surface area contributed by atoms with Crippen molar-refractivity contribution in [2.45, 2.75) is 46.5 Å². The van der Waals surface area contributed by atoms with Crippen LogP contribution in [0, 0.1) is 6.92 Å². The number of aromatic hydroxyl groups is 1. The quantitative estimate of drug-likeness (QED) is 0.891. The van der Waals surface area contributed by atoms with Crippen LogP contribution in [0.3, 0.4) is 0 Å². The lowest BCUT2D eigenvalue weighted by atomic mass is 9.86. The molecule has 2 rings (SSSR count). The summed E-state index contributed by atoms with van der Waals surface area (Å²) in [5, 5.41) is 14.5. The topological polar surface area (TPSA) is 38.1 Å². The molecule has 3 heteroatoms. The van der Waals surface area contributed by atoms with Gasteiger partial charge in [-0.1, -0.05) is 45.4 Å². The second-order valence-electron chi connectivity index (χ2n) is 6.00. The lowest BCUT2D eigenvalue weighted by Crippen LogP contribution is -2.14. The predicted octanol–water partition coefficient (Wildman–Crippen LogP) is 3.75. The molecule has 102 valence electrons. The first-order valence-corrected chi connectivity index (χ1v) is 6.73. The molecule has 1 N–H and O–H groups in total. The first-order chi connectivity index (χ1) is 8.84. The summed E-state index contributed by atoms with van der Waals surface area (Å²) in [5.74, 6) is 0.143. The van der Waals surface area contributed by atoms with E-state index in [9.17, 15) is 5.11 Å². The molecule has 3 nitrogen and oxygen atoms in total. The number of nitrogens with zero attached hydrogens (tertiary/aromatic N) is 2. The molecule has 1 aromatic heterocycles. The van der Waals surface area contributed by atoms with Gasteiger partial charge in [0, 0.05) is 5.56 Å². The van der Waals surface area contributed by atoms with E-state index in [1.807, 2.05) is 16.8 Å². The van der Waals surface area contributed by atoms with Crippen molar-refractivity contribution < 1.29 is 5.11 Å². The maximum absolute atomic E-state index is 10.2. The molecule has 0 atom stereocenters. The summed E-state index contributed by atoms with van der Waals surface area (Å²) >= 11 is 0. The van der Waals surface area contributed by atoms with E-state index in [1.165, 1.54) is 5.56 Å². The van der Waals surface area contributed by atoms with Gasteiger partial charge >= 0.3 is 0 Å². The van der Waals surface area contributed by atoms with Crippen molar-refractivity contribution >= 4 is 0 Å². The Bertz CT molecular complexity index is 574. The standard InChI is InChI=1S/C16H22N2O/c1-6-13-14(16(3,4)5)15(19)17-18(13)12-9-7-11(2)8-10-12/h7-10H,6H2,1-5H3,(H,17,19). The zero-order valence-corrected chi connectivity index (χ0v) is 12.4. The van der Waals surface area contributed by atoms with E-state index in [1.54, 1.807) is 0 Å². The van der Waals surface area contributed by atoms with Gasteiger partial charge in [-0.2, -0.15) is 0 Å². The van der Waals surface area contributed by atoms with Crippen LogP contribution in [0.2, 0.25) is 0 Å². The molecule has 0 bridgehead atoms. The average molecular weight is 258 g/mol. The Morgan fingerprint density at radius 1 is 1.16 bits per heavy atom. The Morgan fingerprint density at radius 2 is 1.74 bits per heavy atom. The van der Waals surface area contributed by atoms with Crippen LogP contribution in [0.15, 0.2) is 24.3 Å². The Balaban J connectivity index is 2.62. The highest BCUT2D eigenvalue weighted by Gasteiger charge is 2.27. The molecule has 0 fully saturated rings. The van der Waals surface area contributed by atoms with Crippen LogP contribution in [0.5, 0.6) is 5.88 Å². The Hall–Kier alpha value is -1.77. The van der Waals surface area contributed by atoms with Crippen LogP contribution in [-0.2, 0) is 11.8 Å². The van der Waals surface area contributed by atoms with Gasteiger partial charge in [0.25, 0.3) is 0 Å². The minimum Gasteiger partial charge on any atom is -0.492 e. The van der Waals surface area contributed by atoms with Gasteiger partial charge in [-0.3, -0.25) is 0 Å². The molecule has 0 aliphatic heterocycles. The molecule has 0 aliphatic rings. The second kappa shape index (κ2) is 4.72. The smallest absolute Gasteiger partial charge is 0.234 e. The highest BCUT2D eigenvalue weighted by atomic mass is 16.3. The van der Waals surface area contributed by atoms with Crippen LogP contribution in [0.4, 0.5) is 0 Å². The summed E-state index contributed by atoms with van der Waals surface area (Å²) in [6.45, 7) is 10.5. The largest absolute Gasteiger partial charge is 0.492 e. The van der Waals surface area contributed by atoms with Crippen molar-refractivity contribution in [1.82, 2.24) is 9.78 Å². The molecule has 1 aromatic carbocycles. The van der Waals surface area contributed by atoms with Gasteiger partial charge in [0.15, 0.2) is 0 Å². The van der Waals surface area contributed by atoms with Crippen molar-refractivity contribution in [3.63, 3.8) is 0 Å². The second-order valence-corrected chi connectivity index (χ2v) is 6.00. The summed E-state index contributed by atoms with van der Waals surface area (Å²) in [6, 6.07) is 8.19. The summed E-state index contributed by atoms with van der Waals surface area (Å²) in [7, 11) is 0. The Kier molecular flexibility index (Phi) is 3.40. The van der Waals surface area contributed by atoms with Gasteiger partial charge in [-0.25, -0.2) is 4.68 Å². The molecule has 19 heavy (non-hydrogen) atoms. The minimum absolute atomic E-state index is 0.113. The zero-order chi connectivity index (χ0) is 14.2. The number of aromatic nitrogens is 2. The van der Waals surface area contributed by atoms with E-state index in [0.717, 1.165) is 23.4 Å². The number of rotatable bonds is 2. The molecule has 0 unspecified atom stereocenters. The summed E-state index contributed by atoms with van der Waals surface area (Å²) < 4.78 is 1.86. The van der Waals surface area contributed by atoms with Crippen molar-refractivity contribution in [3.05, 3.63) is 41.1 Å². The fourth-order valence-corrected chi connectivity index (χ4v) is 2.43. The molecule has 0 saturated carbocycles. The maximum Gasteiger partial charge on any atom is 0.234 e. The van der Waals surface area contributed by atoms with E-state index in [0.29, 0.717) is 0 Å². The minimum atomic E-state index is -0.113. The van der Waals surface area contributed by atoms with Crippen molar-refractivity contribution in [2.75, 3.05) is 0 Å². The van der Waals surface area contributed by atoms with E-state index in [-0.39, 0.29) is 11.3 Å². The maximum atomic E-state index is 10.2.